The largest absolute Gasteiger partial charge is 0.310 e. The summed E-state index contributed by atoms with van der Waals surface area (Å²) in [7, 11) is 0. The summed E-state index contributed by atoms with van der Waals surface area (Å²) in [5.41, 5.74) is 14.9. The molecule has 174 valence electrons. The van der Waals surface area contributed by atoms with Gasteiger partial charge in [-0.2, -0.15) is 0 Å². The number of benzene rings is 6. The van der Waals surface area contributed by atoms with Crippen LogP contribution in [0.3, 0.4) is 0 Å². The van der Waals surface area contributed by atoms with Crippen molar-refractivity contribution >= 4 is 61.7 Å². The highest BCUT2D eigenvalue weighted by atomic mass is 15.2. The highest BCUT2D eigenvalue weighted by Gasteiger charge is 2.40. The van der Waals surface area contributed by atoms with Gasteiger partial charge in [-0.1, -0.05) is 113 Å². The summed E-state index contributed by atoms with van der Waals surface area (Å²) < 4.78 is 0. The molecule has 2 heteroatoms. The van der Waals surface area contributed by atoms with E-state index < -0.39 is 0 Å². The SMILES string of the molecule is Cc1cc(C)c(B2c3ccccc3N3c4ccc5ccccc5c4-c4cccc5ccc2c3c45)c(C)c1. The molecule has 37 heavy (non-hydrogen) atoms. The Morgan fingerprint density at radius 2 is 1.32 bits per heavy atom. The van der Waals surface area contributed by atoms with Crippen molar-refractivity contribution in [1.29, 1.82) is 0 Å². The third-order valence-corrected chi connectivity index (χ3v) is 8.52. The molecule has 0 aliphatic carbocycles. The molecule has 2 aliphatic rings. The molecule has 0 atom stereocenters. The molecule has 2 heterocycles. The standard InChI is InChI=1S/C35H26BN/c1-21-19-22(2)34(23(3)20-21)36-28-13-6-7-14-30(28)37-31-18-16-24-9-4-5-11-26(24)33(31)27-12-8-10-25-15-17-29(36)35(37)32(25)27/h4-20H,1-3H3. The zero-order valence-electron chi connectivity index (χ0n) is 21.3. The van der Waals surface area contributed by atoms with E-state index in [1.54, 1.807) is 0 Å². The van der Waals surface area contributed by atoms with Gasteiger partial charge in [0.1, 0.15) is 0 Å². The lowest BCUT2D eigenvalue weighted by Crippen LogP contribution is -2.59. The quantitative estimate of drug-likeness (QED) is 0.229. The van der Waals surface area contributed by atoms with Gasteiger partial charge in [0.25, 0.3) is 0 Å². The van der Waals surface area contributed by atoms with Crippen LogP contribution >= 0.6 is 0 Å². The number of rotatable bonds is 1. The first kappa shape index (κ1) is 20.9. The van der Waals surface area contributed by atoms with Crippen molar-refractivity contribution < 1.29 is 0 Å². The molecule has 0 amide bonds. The lowest BCUT2D eigenvalue weighted by atomic mass is 9.33. The molecule has 0 bridgehead atoms. The van der Waals surface area contributed by atoms with Gasteiger partial charge in [-0.3, -0.25) is 0 Å². The lowest BCUT2D eigenvalue weighted by molar-refractivity contribution is 1.30. The van der Waals surface area contributed by atoms with Crippen molar-refractivity contribution in [2.45, 2.75) is 20.8 Å². The predicted molar refractivity (Wildman–Crippen MR) is 160 cm³/mol. The van der Waals surface area contributed by atoms with Crippen molar-refractivity contribution in [2.75, 3.05) is 4.90 Å². The van der Waals surface area contributed by atoms with Crippen LogP contribution in [0, 0.1) is 20.8 Å². The van der Waals surface area contributed by atoms with Gasteiger partial charge in [-0.25, -0.2) is 0 Å². The molecule has 0 spiro atoms. The van der Waals surface area contributed by atoms with E-state index in [0.717, 1.165) is 0 Å². The van der Waals surface area contributed by atoms with Crippen LogP contribution in [0.15, 0.2) is 103 Å². The fourth-order valence-electron chi connectivity index (χ4n) is 7.22. The van der Waals surface area contributed by atoms with E-state index in [-0.39, 0.29) is 6.71 Å². The zero-order chi connectivity index (χ0) is 24.8. The van der Waals surface area contributed by atoms with E-state index in [2.05, 4.69) is 129 Å². The normalized spacial score (nSPS) is 13.2. The minimum absolute atomic E-state index is 0.197. The molecule has 0 radical (unpaired) electrons. The summed E-state index contributed by atoms with van der Waals surface area (Å²) in [4.78, 5) is 2.55. The van der Waals surface area contributed by atoms with Gasteiger partial charge < -0.3 is 4.90 Å². The molecule has 6 aromatic rings. The van der Waals surface area contributed by atoms with Gasteiger partial charge in [0.15, 0.2) is 0 Å². The van der Waals surface area contributed by atoms with E-state index in [9.17, 15) is 0 Å². The predicted octanol–water partition coefficient (Wildman–Crippen LogP) is 7.20. The Morgan fingerprint density at radius 1 is 0.595 bits per heavy atom. The topological polar surface area (TPSA) is 3.24 Å². The van der Waals surface area contributed by atoms with Gasteiger partial charge in [-0.05, 0) is 65.6 Å². The van der Waals surface area contributed by atoms with Crippen molar-refractivity contribution in [1.82, 2.24) is 0 Å². The number of anilines is 3. The van der Waals surface area contributed by atoms with Gasteiger partial charge in [0.2, 0.25) is 6.71 Å². The molecule has 0 aromatic heterocycles. The minimum atomic E-state index is 0.197. The Balaban J connectivity index is 1.57. The number of nitrogens with zero attached hydrogens (tertiary/aromatic N) is 1. The molecule has 1 nitrogen and oxygen atoms in total. The Labute approximate surface area is 218 Å². The highest BCUT2D eigenvalue weighted by Crippen LogP contribution is 2.53. The molecule has 2 aliphatic heterocycles. The van der Waals surface area contributed by atoms with Crippen LogP contribution in [0.1, 0.15) is 16.7 Å². The number of hydrogen-bond acceptors (Lipinski definition) is 1. The second-order valence-electron chi connectivity index (χ2n) is 10.7. The van der Waals surface area contributed by atoms with Crippen LogP contribution in [0.2, 0.25) is 0 Å². The van der Waals surface area contributed by atoms with Crippen LogP contribution in [0.4, 0.5) is 17.1 Å². The van der Waals surface area contributed by atoms with Crippen LogP contribution < -0.4 is 21.3 Å². The number of hydrogen-bond donors (Lipinski definition) is 0. The molecule has 0 N–H and O–H groups in total. The second-order valence-corrected chi connectivity index (χ2v) is 10.7. The molecule has 0 unspecified atom stereocenters. The third kappa shape index (κ3) is 2.70. The first-order valence-corrected chi connectivity index (χ1v) is 13.2. The molecule has 0 saturated heterocycles. The van der Waals surface area contributed by atoms with E-state index in [4.69, 9.17) is 0 Å². The van der Waals surface area contributed by atoms with Crippen LogP contribution in [0.25, 0.3) is 32.7 Å². The molecule has 0 fully saturated rings. The summed E-state index contributed by atoms with van der Waals surface area (Å²) >= 11 is 0. The van der Waals surface area contributed by atoms with E-state index in [1.165, 1.54) is 82.8 Å². The average molecular weight is 471 g/mol. The first-order chi connectivity index (χ1) is 18.1. The maximum atomic E-state index is 2.55. The second kappa shape index (κ2) is 7.37. The van der Waals surface area contributed by atoms with Gasteiger partial charge >= 0.3 is 0 Å². The number of fused-ring (bicyclic) bond motifs is 7. The summed E-state index contributed by atoms with van der Waals surface area (Å²) in [6.07, 6.45) is 0. The monoisotopic (exact) mass is 471 g/mol. The van der Waals surface area contributed by atoms with E-state index >= 15 is 0 Å². The zero-order valence-corrected chi connectivity index (χ0v) is 21.3. The molecule has 6 aromatic carbocycles. The highest BCUT2D eigenvalue weighted by molar-refractivity contribution is 6.98. The van der Waals surface area contributed by atoms with Crippen molar-refractivity contribution in [3.05, 3.63) is 120 Å². The molecule has 0 saturated carbocycles. The van der Waals surface area contributed by atoms with E-state index in [1.807, 2.05) is 0 Å². The third-order valence-electron chi connectivity index (χ3n) is 8.52. The fraction of sp³-hybridized carbons (Fsp3) is 0.0857. The summed E-state index contributed by atoms with van der Waals surface area (Å²) in [5, 5.41) is 5.27. The Kier molecular flexibility index (Phi) is 4.15. The van der Waals surface area contributed by atoms with Crippen LogP contribution in [0.5, 0.6) is 0 Å². The van der Waals surface area contributed by atoms with E-state index in [0.29, 0.717) is 0 Å². The summed E-state index contributed by atoms with van der Waals surface area (Å²) in [5.74, 6) is 0. The molecular weight excluding hydrogens is 445 g/mol. The smallest absolute Gasteiger partial charge is 0.247 e. The lowest BCUT2D eigenvalue weighted by Gasteiger charge is -2.42. The van der Waals surface area contributed by atoms with Crippen molar-refractivity contribution in [3.8, 4) is 11.1 Å². The van der Waals surface area contributed by atoms with Gasteiger partial charge in [0.05, 0.1) is 5.69 Å². The molecule has 8 rings (SSSR count). The summed E-state index contributed by atoms with van der Waals surface area (Å²) in [6, 6.07) is 38.7. The Hall–Kier alpha value is -4.30. The maximum Gasteiger partial charge on any atom is 0.247 e. The van der Waals surface area contributed by atoms with Crippen LogP contribution in [-0.2, 0) is 0 Å². The van der Waals surface area contributed by atoms with Crippen LogP contribution in [-0.4, -0.2) is 6.71 Å². The number of para-hydroxylation sites is 1. The van der Waals surface area contributed by atoms with Crippen molar-refractivity contribution in [3.63, 3.8) is 0 Å². The van der Waals surface area contributed by atoms with Gasteiger partial charge in [-0.15, -0.1) is 0 Å². The Morgan fingerprint density at radius 3 is 2.19 bits per heavy atom. The first-order valence-electron chi connectivity index (χ1n) is 13.2. The number of aryl methyl sites for hydroxylation is 3. The summed E-state index contributed by atoms with van der Waals surface area (Å²) in [6.45, 7) is 6.96. The fourth-order valence-corrected chi connectivity index (χ4v) is 7.22. The maximum absolute atomic E-state index is 2.55. The molecular formula is C35H26BN. The minimum Gasteiger partial charge on any atom is -0.310 e. The van der Waals surface area contributed by atoms with Gasteiger partial charge in [0, 0.05) is 22.3 Å². The average Bonchev–Trinajstić information content (AvgIpc) is 2.91. The Bertz CT molecular complexity index is 1910. The van der Waals surface area contributed by atoms with Crippen molar-refractivity contribution in [2.24, 2.45) is 0 Å².